The van der Waals surface area contributed by atoms with Gasteiger partial charge >= 0.3 is 6.18 Å². The van der Waals surface area contributed by atoms with Gasteiger partial charge in [0, 0.05) is 5.54 Å². The predicted octanol–water partition coefficient (Wildman–Crippen LogP) is 4.69. The highest BCUT2D eigenvalue weighted by atomic mass is 32.2. The summed E-state index contributed by atoms with van der Waals surface area (Å²) in [6.45, 7) is 8.71. The lowest BCUT2D eigenvalue weighted by molar-refractivity contribution is -0.140. The molecule has 7 heteroatoms. The van der Waals surface area contributed by atoms with E-state index in [1.165, 1.54) is 6.07 Å². The molecule has 0 bridgehead atoms. The molecule has 0 amide bonds. The first-order chi connectivity index (χ1) is 10.3. The fourth-order valence-electron chi connectivity index (χ4n) is 2.46. The summed E-state index contributed by atoms with van der Waals surface area (Å²) in [5.74, 6) is -0.127. The largest absolute Gasteiger partial charge is 0.417 e. The van der Waals surface area contributed by atoms with Crippen LogP contribution in [0.3, 0.4) is 0 Å². The zero-order valence-corrected chi connectivity index (χ0v) is 14.9. The Morgan fingerprint density at radius 3 is 2.17 bits per heavy atom. The molecule has 1 aromatic rings. The second-order valence-electron chi connectivity index (χ2n) is 6.65. The first-order valence-corrected chi connectivity index (χ1v) is 9.03. The molecule has 0 aromatic heterocycles. The van der Waals surface area contributed by atoms with Gasteiger partial charge in [-0.3, -0.25) is 0 Å². The number of hydrogen-bond donors (Lipinski definition) is 1. The number of sulfonamides is 1. The third kappa shape index (κ3) is 5.21. The normalized spacial score (nSPS) is 13.6. The number of nitrogens with one attached hydrogen (secondary N) is 1. The topological polar surface area (TPSA) is 46.2 Å². The molecule has 23 heavy (non-hydrogen) atoms. The van der Waals surface area contributed by atoms with Crippen molar-refractivity contribution < 1.29 is 21.6 Å². The Kier molecular flexibility index (Phi) is 5.91. The summed E-state index contributed by atoms with van der Waals surface area (Å²) in [4.78, 5) is -0.724. The molecular formula is C16H24F3NO2S. The second kappa shape index (κ2) is 6.81. The Morgan fingerprint density at radius 1 is 1.17 bits per heavy atom. The molecule has 1 rings (SSSR count). The van der Waals surface area contributed by atoms with Crippen LogP contribution in [-0.2, 0) is 16.2 Å². The van der Waals surface area contributed by atoms with Gasteiger partial charge in [-0.15, -0.1) is 0 Å². The van der Waals surface area contributed by atoms with Gasteiger partial charge in [-0.1, -0.05) is 33.3 Å². The fourth-order valence-corrected chi connectivity index (χ4v) is 4.11. The Morgan fingerprint density at radius 2 is 1.74 bits per heavy atom. The molecule has 3 nitrogen and oxygen atoms in total. The van der Waals surface area contributed by atoms with Crippen molar-refractivity contribution in [1.29, 1.82) is 0 Å². The highest BCUT2D eigenvalue weighted by Gasteiger charge is 2.38. The highest BCUT2D eigenvalue weighted by molar-refractivity contribution is 7.89. The van der Waals surface area contributed by atoms with Gasteiger partial charge in [0.2, 0.25) is 10.0 Å². The molecule has 0 radical (unpaired) electrons. The molecule has 0 saturated heterocycles. The molecule has 0 aliphatic heterocycles. The van der Waals surface area contributed by atoms with Gasteiger partial charge < -0.3 is 0 Å². The monoisotopic (exact) mass is 351 g/mol. The van der Waals surface area contributed by atoms with Gasteiger partial charge in [-0.2, -0.15) is 13.2 Å². The van der Waals surface area contributed by atoms with Crippen molar-refractivity contribution in [2.45, 2.75) is 70.0 Å². The molecule has 0 heterocycles. The van der Waals surface area contributed by atoms with Crippen LogP contribution < -0.4 is 4.72 Å². The molecule has 1 aromatic carbocycles. The first kappa shape index (κ1) is 20.0. The van der Waals surface area contributed by atoms with E-state index in [0.29, 0.717) is 18.4 Å². The number of halogens is 3. The standard InChI is InChI=1S/C16H24F3NO2S/c1-6-9-15(4,5)20-23(21,22)14-8-7-12(11(2)3)10-13(14)16(17,18)19/h7-8,10-11,20H,6,9H2,1-5H3. The van der Waals surface area contributed by atoms with Crippen LogP contribution in [0.2, 0.25) is 0 Å². The van der Waals surface area contributed by atoms with Crippen molar-refractivity contribution >= 4 is 10.0 Å². The van der Waals surface area contributed by atoms with E-state index in [0.717, 1.165) is 12.1 Å². The molecule has 0 atom stereocenters. The van der Waals surface area contributed by atoms with E-state index in [4.69, 9.17) is 0 Å². The minimum absolute atomic E-state index is 0.127. The fraction of sp³-hybridized carbons (Fsp3) is 0.625. The van der Waals surface area contributed by atoms with Crippen LogP contribution in [0.25, 0.3) is 0 Å². The van der Waals surface area contributed by atoms with E-state index in [1.54, 1.807) is 27.7 Å². The zero-order chi connectivity index (χ0) is 18.1. The van der Waals surface area contributed by atoms with E-state index >= 15 is 0 Å². The van der Waals surface area contributed by atoms with Crippen molar-refractivity contribution in [3.8, 4) is 0 Å². The van der Waals surface area contributed by atoms with E-state index in [2.05, 4.69) is 4.72 Å². The molecule has 0 aliphatic carbocycles. The Bertz CT molecular complexity index is 650. The molecule has 0 spiro atoms. The maximum absolute atomic E-state index is 13.3. The molecule has 132 valence electrons. The summed E-state index contributed by atoms with van der Waals surface area (Å²) < 4.78 is 67.2. The lowest BCUT2D eigenvalue weighted by Gasteiger charge is -2.26. The minimum atomic E-state index is -4.73. The summed E-state index contributed by atoms with van der Waals surface area (Å²) in [6, 6.07) is 3.40. The van der Waals surface area contributed by atoms with E-state index in [9.17, 15) is 21.6 Å². The van der Waals surface area contributed by atoms with E-state index in [1.807, 2.05) is 6.92 Å². The lowest BCUT2D eigenvalue weighted by atomic mass is 10.0. The summed E-state index contributed by atoms with van der Waals surface area (Å²) in [5.41, 5.74) is -1.49. The van der Waals surface area contributed by atoms with Gasteiger partial charge in [0.15, 0.2) is 0 Å². The first-order valence-electron chi connectivity index (χ1n) is 7.55. The SMILES string of the molecule is CCCC(C)(C)NS(=O)(=O)c1ccc(C(C)C)cc1C(F)(F)F. The van der Waals surface area contributed by atoms with Crippen molar-refractivity contribution in [3.63, 3.8) is 0 Å². The molecule has 0 fully saturated rings. The molecule has 1 N–H and O–H groups in total. The third-order valence-electron chi connectivity index (χ3n) is 3.55. The Balaban J connectivity index is 3.41. The molecule has 0 unspecified atom stereocenters. The summed E-state index contributed by atoms with van der Waals surface area (Å²) >= 11 is 0. The van der Waals surface area contributed by atoms with Crippen molar-refractivity contribution in [3.05, 3.63) is 29.3 Å². The van der Waals surface area contributed by atoms with Crippen LogP contribution in [0.15, 0.2) is 23.1 Å². The molecular weight excluding hydrogens is 327 g/mol. The van der Waals surface area contributed by atoms with Gasteiger partial charge in [0.05, 0.1) is 10.5 Å². The third-order valence-corrected chi connectivity index (χ3v) is 5.31. The van der Waals surface area contributed by atoms with Crippen molar-refractivity contribution in [2.24, 2.45) is 0 Å². The van der Waals surface area contributed by atoms with E-state index < -0.39 is 32.2 Å². The quantitative estimate of drug-likeness (QED) is 0.808. The average Bonchev–Trinajstić information content (AvgIpc) is 2.35. The second-order valence-corrected chi connectivity index (χ2v) is 8.30. The predicted molar refractivity (Wildman–Crippen MR) is 84.8 cm³/mol. The lowest BCUT2D eigenvalue weighted by Crippen LogP contribution is -2.43. The summed E-state index contributed by atoms with van der Waals surface area (Å²) in [6.07, 6.45) is -3.49. The van der Waals surface area contributed by atoms with Gasteiger partial charge in [0.25, 0.3) is 0 Å². The Labute approximate surface area is 136 Å². The van der Waals surface area contributed by atoms with Crippen LogP contribution in [0.5, 0.6) is 0 Å². The Hall–Kier alpha value is -1.08. The maximum Gasteiger partial charge on any atom is 0.417 e. The van der Waals surface area contributed by atoms with Crippen LogP contribution in [0.1, 0.15) is 64.5 Å². The zero-order valence-electron chi connectivity index (χ0n) is 14.1. The molecule has 0 aliphatic rings. The maximum atomic E-state index is 13.3. The highest BCUT2D eigenvalue weighted by Crippen LogP contribution is 2.36. The van der Waals surface area contributed by atoms with Crippen LogP contribution >= 0.6 is 0 Å². The van der Waals surface area contributed by atoms with E-state index in [-0.39, 0.29) is 5.92 Å². The molecule has 0 saturated carbocycles. The number of rotatable bonds is 6. The van der Waals surface area contributed by atoms with Crippen LogP contribution in [0, 0.1) is 0 Å². The van der Waals surface area contributed by atoms with Crippen LogP contribution in [-0.4, -0.2) is 14.0 Å². The smallest absolute Gasteiger partial charge is 0.207 e. The number of alkyl halides is 3. The van der Waals surface area contributed by atoms with Gasteiger partial charge in [-0.25, -0.2) is 13.1 Å². The van der Waals surface area contributed by atoms with Crippen molar-refractivity contribution in [2.75, 3.05) is 0 Å². The minimum Gasteiger partial charge on any atom is -0.207 e. The van der Waals surface area contributed by atoms with Gasteiger partial charge in [-0.05, 0) is 43.9 Å². The average molecular weight is 351 g/mol. The van der Waals surface area contributed by atoms with Crippen LogP contribution in [0.4, 0.5) is 13.2 Å². The number of benzene rings is 1. The summed E-state index contributed by atoms with van der Waals surface area (Å²) in [5, 5.41) is 0. The summed E-state index contributed by atoms with van der Waals surface area (Å²) in [7, 11) is -4.27. The number of hydrogen-bond acceptors (Lipinski definition) is 2. The van der Waals surface area contributed by atoms with Crippen molar-refractivity contribution in [1.82, 2.24) is 4.72 Å². The van der Waals surface area contributed by atoms with Gasteiger partial charge in [0.1, 0.15) is 0 Å².